The van der Waals surface area contributed by atoms with Crippen molar-refractivity contribution in [1.82, 2.24) is 9.80 Å². The van der Waals surface area contributed by atoms with E-state index in [-0.39, 0.29) is 19.5 Å². The highest BCUT2D eigenvalue weighted by molar-refractivity contribution is 6.27. The molecule has 0 atom stereocenters. The van der Waals surface area contributed by atoms with Gasteiger partial charge in [0.1, 0.15) is 0 Å². The molecule has 0 fully saturated rings. The van der Waals surface area contributed by atoms with Gasteiger partial charge in [-0.2, -0.15) is 0 Å². The van der Waals surface area contributed by atoms with Crippen molar-refractivity contribution in [3.05, 3.63) is 0 Å². The Morgan fingerprint density at radius 1 is 1.00 bits per heavy atom. The van der Waals surface area contributed by atoms with Crippen molar-refractivity contribution in [2.24, 2.45) is 4.99 Å². The van der Waals surface area contributed by atoms with Crippen molar-refractivity contribution in [3.63, 3.8) is 0 Å². The van der Waals surface area contributed by atoms with E-state index in [1.54, 1.807) is 0 Å². The molecule has 0 aromatic heterocycles. The molecule has 0 saturated carbocycles. The highest BCUT2D eigenvalue weighted by atomic mass is 28.2. The van der Waals surface area contributed by atoms with Gasteiger partial charge in [0.05, 0.1) is 12.9 Å². The van der Waals surface area contributed by atoms with Crippen molar-refractivity contribution < 1.29 is 8.85 Å². The second-order valence-electron chi connectivity index (χ2n) is 6.06. The second kappa shape index (κ2) is 15.3. The molecule has 0 N–H and O–H groups in total. The van der Waals surface area contributed by atoms with E-state index < -0.39 is 0 Å². The molecule has 0 spiro atoms. The summed E-state index contributed by atoms with van der Waals surface area (Å²) in [4.78, 5) is 9.30. The molecular weight excluding hydrogens is 322 g/mol. The fourth-order valence-corrected chi connectivity index (χ4v) is 4.63. The molecule has 0 unspecified atom stereocenters. The van der Waals surface area contributed by atoms with E-state index in [9.17, 15) is 0 Å². The number of hydrogen-bond acceptors (Lipinski definition) is 5. The molecule has 0 radical (unpaired) electrons. The van der Waals surface area contributed by atoms with E-state index in [1.165, 1.54) is 51.0 Å². The predicted molar refractivity (Wildman–Crippen MR) is 105 cm³/mol. The minimum absolute atomic E-state index is 0.259. The monoisotopic (exact) mass is 359 g/mol. The van der Waals surface area contributed by atoms with Gasteiger partial charge in [0.2, 0.25) is 0 Å². The lowest BCUT2D eigenvalue weighted by molar-refractivity contribution is 0.258. The Morgan fingerprint density at radius 2 is 1.61 bits per heavy atom. The van der Waals surface area contributed by atoms with Gasteiger partial charge in [-0.05, 0) is 64.8 Å². The van der Waals surface area contributed by atoms with Crippen LogP contribution in [0.3, 0.4) is 0 Å². The third-order valence-electron chi connectivity index (χ3n) is 4.12. The molecule has 0 saturated heterocycles. The smallest absolute Gasteiger partial charge is 0.161 e. The van der Waals surface area contributed by atoms with Gasteiger partial charge >= 0.3 is 0 Å². The van der Waals surface area contributed by atoms with Crippen molar-refractivity contribution in [1.29, 1.82) is 0 Å². The molecule has 7 heteroatoms. The molecule has 0 bridgehead atoms. The highest BCUT2D eigenvalue weighted by Crippen LogP contribution is 2.03. The lowest BCUT2D eigenvalue weighted by atomic mass is 10.3. The minimum Gasteiger partial charge on any atom is -0.424 e. The van der Waals surface area contributed by atoms with Crippen LogP contribution in [-0.2, 0) is 8.85 Å². The van der Waals surface area contributed by atoms with Gasteiger partial charge in [-0.15, -0.1) is 0 Å². The summed E-state index contributed by atoms with van der Waals surface area (Å²) in [5.41, 5.74) is 0. The second-order valence-corrected chi connectivity index (χ2v) is 9.11. The van der Waals surface area contributed by atoms with Crippen LogP contribution in [0.25, 0.3) is 0 Å². The van der Waals surface area contributed by atoms with E-state index in [0.717, 1.165) is 32.8 Å². The molecule has 136 valence electrons. The number of rotatable bonds is 16. The fourth-order valence-electron chi connectivity index (χ4n) is 2.79. The van der Waals surface area contributed by atoms with Crippen LogP contribution in [0.4, 0.5) is 0 Å². The molecule has 0 amide bonds. The van der Waals surface area contributed by atoms with E-state index in [1.807, 2.05) is 6.34 Å². The molecule has 5 nitrogen and oxygen atoms in total. The lowest BCUT2D eigenvalue weighted by Crippen LogP contribution is -2.31. The van der Waals surface area contributed by atoms with Crippen LogP contribution < -0.4 is 0 Å². The van der Waals surface area contributed by atoms with Crippen LogP contribution >= 0.6 is 0 Å². The molecule has 23 heavy (non-hydrogen) atoms. The number of hydrogen-bond donors (Lipinski definition) is 0. The number of aliphatic imine (C=N–C) groups is 1. The van der Waals surface area contributed by atoms with Crippen LogP contribution in [0.5, 0.6) is 0 Å². The van der Waals surface area contributed by atoms with E-state index in [2.05, 4.69) is 28.6 Å². The Morgan fingerprint density at radius 3 is 2.13 bits per heavy atom. The maximum absolute atomic E-state index is 5.58. The van der Waals surface area contributed by atoms with Gasteiger partial charge in [-0.3, -0.25) is 4.99 Å². The van der Waals surface area contributed by atoms with Gasteiger partial charge in [0.25, 0.3) is 0 Å². The standard InChI is InChI=1S/C16H37N3O2Si2/c1-3-20-22-14-6-11-18(12-7-15-23-21-4-2)9-5-10-19-13-8-17-16-19/h16H,3-15,22-23H2,1-2H3. The van der Waals surface area contributed by atoms with Crippen LogP contribution in [0, 0.1) is 0 Å². The van der Waals surface area contributed by atoms with Crippen LogP contribution in [-0.4, -0.2) is 88.1 Å². The Labute approximate surface area is 147 Å². The Kier molecular flexibility index (Phi) is 13.9. The van der Waals surface area contributed by atoms with Gasteiger partial charge < -0.3 is 18.7 Å². The van der Waals surface area contributed by atoms with Gasteiger partial charge in [0, 0.05) is 26.3 Å². The zero-order valence-corrected chi connectivity index (χ0v) is 18.2. The molecule has 1 aliphatic rings. The lowest BCUT2D eigenvalue weighted by Gasteiger charge is -2.23. The molecule has 1 aliphatic heterocycles. The fraction of sp³-hybridized carbons (Fsp3) is 0.938. The van der Waals surface area contributed by atoms with Crippen molar-refractivity contribution in [2.45, 2.75) is 45.2 Å². The van der Waals surface area contributed by atoms with Crippen molar-refractivity contribution >= 4 is 25.9 Å². The SMILES string of the molecule is CCO[SiH2]CCCN(CCC[SiH2]OCC)CCCN1C=NCC1. The first-order chi connectivity index (χ1) is 11.4. The van der Waals surface area contributed by atoms with E-state index in [4.69, 9.17) is 8.85 Å². The van der Waals surface area contributed by atoms with Crippen LogP contribution in [0.1, 0.15) is 33.1 Å². The minimum atomic E-state index is -0.259. The third kappa shape index (κ3) is 11.9. The summed E-state index contributed by atoms with van der Waals surface area (Å²) in [6.07, 6.45) is 5.88. The predicted octanol–water partition coefficient (Wildman–Crippen LogP) is 0.880. The van der Waals surface area contributed by atoms with Gasteiger partial charge in [0.15, 0.2) is 19.5 Å². The first-order valence-electron chi connectivity index (χ1n) is 9.48. The topological polar surface area (TPSA) is 37.3 Å². The zero-order valence-electron chi connectivity index (χ0n) is 15.3. The largest absolute Gasteiger partial charge is 0.424 e. The Bertz CT molecular complexity index is 282. The average Bonchev–Trinajstić information content (AvgIpc) is 3.07. The Hall–Kier alpha value is -0.216. The van der Waals surface area contributed by atoms with E-state index >= 15 is 0 Å². The average molecular weight is 360 g/mol. The van der Waals surface area contributed by atoms with Crippen LogP contribution in [0.15, 0.2) is 4.99 Å². The third-order valence-corrected chi connectivity index (χ3v) is 7.09. The van der Waals surface area contributed by atoms with Crippen molar-refractivity contribution in [2.75, 3.05) is 52.5 Å². The van der Waals surface area contributed by atoms with Crippen molar-refractivity contribution in [3.8, 4) is 0 Å². The molecule has 0 aromatic carbocycles. The van der Waals surface area contributed by atoms with Gasteiger partial charge in [-0.1, -0.05) is 0 Å². The maximum atomic E-state index is 5.58. The Balaban J connectivity index is 2.12. The summed E-state index contributed by atoms with van der Waals surface area (Å²) in [5.74, 6) is 0. The summed E-state index contributed by atoms with van der Waals surface area (Å²) < 4.78 is 11.2. The maximum Gasteiger partial charge on any atom is 0.161 e. The summed E-state index contributed by atoms with van der Waals surface area (Å²) in [5, 5.41) is 0. The highest BCUT2D eigenvalue weighted by Gasteiger charge is 2.08. The summed E-state index contributed by atoms with van der Waals surface area (Å²) in [6, 6.07) is 2.63. The summed E-state index contributed by atoms with van der Waals surface area (Å²) in [7, 11) is -0.518. The first kappa shape index (κ1) is 20.8. The normalized spacial score (nSPS) is 15.3. The molecule has 1 rings (SSSR count). The molecule has 1 heterocycles. The molecule has 0 aliphatic carbocycles. The number of nitrogens with zero attached hydrogens (tertiary/aromatic N) is 3. The molecular formula is C16H37N3O2Si2. The first-order valence-corrected chi connectivity index (χ1v) is 12.6. The zero-order chi connectivity index (χ0) is 16.6. The summed E-state index contributed by atoms with van der Waals surface area (Å²) >= 11 is 0. The van der Waals surface area contributed by atoms with Gasteiger partial charge in [-0.25, -0.2) is 0 Å². The van der Waals surface area contributed by atoms with E-state index in [0.29, 0.717) is 0 Å². The summed E-state index contributed by atoms with van der Waals surface area (Å²) in [6.45, 7) is 12.9. The van der Waals surface area contributed by atoms with Crippen LogP contribution in [0.2, 0.25) is 12.1 Å². The molecule has 0 aromatic rings. The quantitative estimate of drug-likeness (QED) is 0.303.